The van der Waals surface area contributed by atoms with Gasteiger partial charge in [0.1, 0.15) is 5.02 Å². The monoisotopic (exact) mass is 266 g/mol. The number of terminal acetylenes is 1. The number of halogens is 1. The van der Waals surface area contributed by atoms with Gasteiger partial charge >= 0.3 is 0 Å². The summed E-state index contributed by atoms with van der Waals surface area (Å²) in [5.74, 6) is 1.98. The van der Waals surface area contributed by atoms with Gasteiger partial charge in [-0.3, -0.25) is 14.9 Å². The van der Waals surface area contributed by atoms with Gasteiger partial charge in [-0.15, -0.1) is 6.42 Å². The molecule has 0 heterocycles. The van der Waals surface area contributed by atoms with Crippen LogP contribution in [0.25, 0.3) is 0 Å². The van der Waals surface area contributed by atoms with E-state index >= 15 is 0 Å². The normalized spacial score (nSPS) is 10.6. The molecular formula is C12H11ClN2O3. The zero-order valence-corrected chi connectivity index (χ0v) is 10.6. The van der Waals surface area contributed by atoms with E-state index < -0.39 is 16.4 Å². The summed E-state index contributed by atoms with van der Waals surface area (Å²) in [5.41, 5.74) is -0.830. The summed E-state index contributed by atoms with van der Waals surface area (Å²) in [6.07, 6.45) is 5.25. The molecule has 6 heteroatoms. The Morgan fingerprint density at radius 1 is 1.56 bits per heavy atom. The zero-order valence-electron chi connectivity index (χ0n) is 9.86. The van der Waals surface area contributed by atoms with Crippen molar-refractivity contribution in [3.8, 4) is 12.3 Å². The molecule has 94 valence electrons. The topological polar surface area (TPSA) is 72.2 Å². The number of amides is 1. The van der Waals surface area contributed by atoms with Crippen LogP contribution in [0.1, 0.15) is 24.2 Å². The summed E-state index contributed by atoms with van der Waals surface area (Å²) in [7, 11) is 0. The van der Waals surface area contributed by atoms with Crippen LogP contribution in [0, 0.1) is 22.5 Å². The van der Waals surface area contributed by atoms with Crippen molar-refractivity contribution in [3.63, 3.8) is 0 Å². The van der Waals surface area contributed by atoms with Crippen LogP contribution in [0.4, 0.5) is 5.69 Å². The van der Waals surface area contributed by atoms with Gasteiger partial charge in [-0.2, -0.15) is 0 Å². The van der Waals surface area contributed by atoms with E-state index in [0.29, 0.717) is 0 Å². The van der Waals surface area contributed by atoms with Gasteiger partial charge in [0.15, 0.2) is 0 Å². The maximum Gasteiger partial charge on any atom is 0.287 e. The quantitative estimate of drug-likeness (QED) is 0.519. The molecule has 1 rings (SSSR count). The van der Waals surface area contributed by atoms with Crippen LogP contribution in [0.5, 0.6) is 0 Å². The lowest BCUT2D eigenvalue weighted by Gasteiger charge is -2.19. The Morgan fingerprint density at radius 3 is 2.61 bits per heavy atom. The standard InChI is InChI=1S/C12H11ClN2O3/c1-4-12(2,3)14-11(16)8-5-6-10(15(17)18)9(13)7-8/h1,5-7H,2-3H3,(H,14,16). The number of nitrogens with zero attached hydrogens (tertiary/aromatic N) is 1. The molecule has 0 aliphatic heterocycles. The molecule has 1 aromatic rings. The highest BCUT2D eigenvalue weighted by atomic mass is 35.5. The van der Waals surface area contributed by atoms with Crippen LogP contribution < -0.4 is 5.32 Å². The fourth-order valence-electron chi connectivity index (χ4n) is 1.19. The van der Waals surface area contributed by atoms with E-state index in [2.05, 4.69) is 11.2 Å². The maximum atomic E-state index is 11.8. The predicted octanol–water partition coefficient (Wildman–Crippen LogP) is 2.39. The lowest BCUT2D eigenvalue weighted by atomic mass is 10.1. The average Bonchev–Trinajstić information content (AvgIpc) is 2.27. The molecule has 0 radical (unpaired) electrons. The molecule has 0 aromatic heterocycles. The van der Waals surface area contributed by atoms with Crippen LogP contribution in [0.3, 0.4) is 0 Å². The van der Waals surface area contributed by atoms with Crippen molar-refractivity contribution in [1.82, 2.24) is 5.32 Å². The second-order valence-electron chi connectivity index (χ2n) is 4.15. The predicted molar refractivity (Wildman–Crippen MR) is 68.5 cm³/mol. The highest BCUT2D eigenvalue weighted by Gasteiger charge is 2.20. The van der Waals surface area contributed by atoms with E-state index in [0.717, 1.165) is 0 Å². The Balaban J connectivity index is 3.00. The van der Waals surface area contributed by atoms with Crippen LogP contribution in [-0.4, -0.2) is 16.4 Å². The van der Waals surface area contributed by atoms with Crippen molar-refractivity contribution >= 4 is 23.2 Å². The summed E-state index contributed by atoms with van der Waals surface area (Å²) < 4.78 is 0. The van der Waals surface area contributed by atoms with Crippen LogP contribution >= 0.6 is 11.6 Å². The zero-order chi connectivity index (χ0) is 13.9. The number of hydrogen-bond acceptors (Lipinski definition) is 3. The van der Waals surface area contributed by atoms with E-state index in [4.69, 9.17) is 18.0 Å². The molecule has 0 bridgehead atoms. The third kappa shape index (κ3) is 3.22. The second-order valence-corrected chi connectivity index (χ2v) is 4.55. The number of nitrogens with one attached hydrogen (secondary N) is 1. The van der Waals surface area contributed by atoms with Gasteiger partial charge in [0, 0.05) is 11.6 Å². The van der Waals surface area contributed by atoms with Crippen LogP contribution in [0.2, 0.25) is 5.02 Å². The van der Waals surface area contributed by atoms with E-state index in [9.17, 15) is 14.9 Å². The van der Waals surface area contributed by atoms with Crippen molar-refractivity contribution in [2.75, 3.05) is 0 Å². The molecule has 5 nitrogen and oxygen atoms in total. The van der Waals surface area contributed by atoms with E-state index in [1.807, 2.05) is 0 Å². The first-order chi connectivity index (χ1) is 8.26. The molecule has 0 saturated heterocycles. The summed E-state index contributed by atoms with van der Waals surface area (Å²) in [5, 5.41) is 13.1. The largest absolute Gasteiger partial charge is 0.336 e. The highest BCUT2D eigenvalue weighted by molar-refractivity contribution is 6.33. The van der Waals surface area contributed by atoms with Crippen molar-refractivity contribution in [3.05, 3.63) is 38.9 Å². The van der Waals surface area contributed by atoms with Crippen molar-refractivity contribution in [2.24, 2.45) is 0 Å². The van der Waals surface area contributed by atoms with E-state index in [1.54, 1.807) is 13.8 Å². The summed E-state index contributed by atoms with van der Waals surface area (Å²) >= 11 is 5.71. The third-order valence-corrected chi connectivity index (χ3v) is 2.50. The third-order valence-electron chi connectivity index (χ3n) is 2.19. The SMILES string of the molecule is C#CC(C)(C)NC(=O)c1ccc([N+](=O)[O-])c(Cl)c1. The number of rotatable bonds is 3. The molecule has 0 atom stereocenters. The number of benzene rings is 1. The van der Waals surface area contributed by atoms with Gasteiger partial charge in [-0.1, -0.05) is 17.5 Å². The molecular weight excluding hydrogens is 256 g/mol. The Hall–Kier alpha value is -2.06. The fourth-order valence-corrected chi connectivity index (χ4v) is 1.44. The lowest BCUT2D eigenvalue weighted by molar-refractivity contribution is -0.384. The van der Waals surface area contributed by atoms with Gasteiger partial charge in [0.05, 0.1) is 10.5 Å². The second kappa shape index (κ2) is 5.07. The molecule has 0 saturated carbocycles. The van der Waals surface area contributed by atoms with Crippen molar-refractivity contribution < 1.29 is 9.72 Å². The van der Waals surface area contributed by atoms with Gasteiger partial charge < -0.3 is 5.32 Å². The lowest BCUT2D eigenvalue weighted by Crippen LogP contribution is -2.42. The molecule has 0 unspecified atom stereocenters. The van der Waals surface area contributed by atoms with Gasteiger partial charge in [-0.05, 0) is 26.0 Å². The molecule has 0 aliphatic carbocycles. The van der Waals surface area contributed by atoms with E-state index in [-0.39, 0.29) is 16.3 Å². The highest BCUT2D eigenvalue weighted by Crippen LogP contribution is 2.25. The van der Waals surface area contributed by atoms with Crippen molar-refractivity contribution in [1.29, 1.82) is 0 Å². The number of hydrogen-bond donors (Lipinski definition) is 1. The van der Waals surface area contributed by atoms with Crippen LogP contribution in [0.15, 0.2) is 18.2 Å². The molecule has 0 fully saturated rings. The summed E-state index contributed by atoms with van der Waals surface area (Å²) in [4.78, 5) is 21.8. The number of carbonyl (C=O) groups excluding carboxylic acids is 1. The maximum absolute atomic E-state index is 11.8. The first-order valence-corrected chi connectivity index (χ1v) is 5.39. The molecule has 1 N–H and O–H groups in total. The molecule has 0 spiro atoms. The number of nitro groups is 1. The minimum absolute atomic E-state index is 0.0915. The summed E-state index contributed by atoms with van der Waals surface area (Å²) in [6, 6.07) is 3.74. The Morgan fingerprint density at radius 2 is 2.17 bits per heavy atom. The van der Waals surface area contributed by atoms with Crippen molar-refractivity contribution in [2.45, 2.75) is 19.4 Å². The van der Waals surface area contributed by atoms with Gasteiger partial charge in [0.2, 0.25) is 0 Å². The number of nitro benzene ring substituents is 1. The van der Waals surface area contributed by atoms with Crippen LogP contribution in [-0.2, 0) is 0 Å². The molecule has 0 aliphatic rings. The fraction of sp³-hybridized carbons (Fsp3) is 0.250. The average molecular weight is 267 g/mol. The van der Waals surface area contributed by atoms with E-state index in [1.165, 1.54) is 18.2 Å². The Kier molecular flexibility index (Phi) is 3.94. The Bertz CT molecular complexity index is 547. The Labute approximate surface area is 109 Å². The molecule has 1 aromatic carbocycles. The smallest absolute Gasteiger partial charge is 0.287 e. The summed E-state index contributed by atoms with van der Waals surface area (Å²) in [6.45, 7) is 3.33. The van der Waals surface area contributed by atoms with Gasteiger partial charge in [-0.25, -0.2) is 0 Å². The minimum atomic E-state index is -0.800. The molecule has 1 amide bonds. The molecule has 18 heavy (non-hydrogen) atoms. The number of carbonyl (C=O) groups is 1. The van der Waals surface area contributed by atoms with Gasteiger partial charge in [0.25, 0.3) is 11.6 Å². The first-order valence-electron chi connectivity index (χ1n) is 5.01. The first kappa shape index (κ1) is 14.0. The minimum Gasteiger partial charge on any atom is -0.336 e.